The molecule has 0 radical (unpaired) electrons. The maximum absolute atomic E-state index is 11.9. The zero-order chi connectivity index (χ0) is 25.7. The lowest BCUT2D eigenvalue weighted by atomic mass is 10.1. The van der Waals surface area contributed by atoms with Crippen LogP contribution in [0.5, 0.6) is 0 Å². The number of amides is 2. The summed E-state index contributed by atoms with van der Waals surface area (Å²) in [7, 11) is 7.32. The van der Waals surface area contributed by atoms with Crippen LogP contribution in [0.15, 0.2) is 0 Å². The molecule has 4 nitrogen and oxygen atoms in total. The molecule has 35 heavy (non-hydrogen) atoms. The summed E-state index contributed by atoms with van der Waals surface area (Å²) in [5.74, 6) is 0.232. The summed E-state index contributed by atoms with van der Waals surface area (Å²) >= 11 is 0. The molecule has 0 aromatic rings. The van der Waals surface area contributed by atoms with Gasteiger partial charge in [-0.05, 0) is 12.8 Å². The van der Waals surface area contributed by atoms with Gasteiger partial charge in [0.05, 0.1) is 0 Å². The van der Waals surface area contributed by atoms with Crippen LogP contribution < -0.4 is 9.44 Å². The summed E-state index contributed by atoms with van der Waals surface area (Å²) in [6.07, 6.45) is 26.9. The molecule has 0 saturated carbocycles. The molecule has 0 unspecified atom stereocenters. The van der Waals surface area contributed by atoms with E-state index in [9.17, 15) is 9.59 Å². The number of rotatable bonds is 28. The van der Waals surface area contributed by atoms with Gasteiger partial charge in [0.15, 0.2) is 0 Å². The Bertz CT molecular complexity index is 433. The molecule has 0 bridgehead atoms. The molecule has 9 heteroatoms. The van der Waals surface area contributed by atoms with Crippen LogP contribution >= 0.6 is 51.4 Å². The molecule has 0 aromatic heterocycles. The van der Waals surface area contributed by atoms with Gasteiger partial charge in [-0.15, -0.1) is 0 Å². The molecule has 2 amide bonds. The minimum absolute atomic E-state index is 0.116. The summed E-state index contributed by atoms with van der Waals surface area (Å²) in [4.78, 5) is 23.7. The Labute approximate surface area is 236 Å². The van der Waals surface area contributed by atoms with Crippen molar-refractivity contribution < 1.29 is 9.59 Å². The van der Waals surface area contributed by atoms with Crippen molar-refractivity contribution in [2.75, 3.05) is 0 Å². The van der Waals surface area contributed by atoms with Crippen molar-refractivity contribution in [1.29, 1.82) is 0 Å². The minimum atomic E-state index is 0.116. The molecule has 0 aliphatic carbocycles. The molecular formula is C26H52N2O2S5. The Balaban J connectivity index is 3.26. The Morgan fingerprint density at radius 2 is 0.714 bits per heavy atom. The van der Waals surface area contributed by atoms with Crippen LogP contribution in [0.4, 0.5) is 0 Å². The van der Waals surface area contributed by atoms with Crippen molar-refractivity contribution in [3.8, 4) is 0 Å². The zero-order valence-electron chi connectivity index (χ0n) is 22.4. The van der Waals surface area contributed by atoms with Crippen LogP contribution in [-0.4, -0.2) is 11.8 Å². The first-order chi connectivity index (χ1) is 17.2. The summed E-state index contributed by atoms with van der Waals surface area (Å²) in [6, 6.07) is 0. The van der Waals surface area contributed by atoms with E-state index in [1.54, 1.807) is 9.83 Å². The SMILES string of the molecule is CCCCCCCCCCCCC(=O)NSSSSSNC(=O)CCCCCCCCCCCC. The van der Waals surface area contributed by atoms with E-state index in [0.717, 1.165) is 25.7 Å². The molecule has 0 aliphatic heterocycles. The van der Waals surface area contributed by atoms with E-state index < -0.39 is 0 Å². The highest BCUT2D eigenvalue weighted by molar-refractivity contribution is 9.35. The molecule has 0 heterocycles. The predicted molar refractivity (Wildman–Crippen MR) is 167 cm³/mol. The Kier molecular flexibility index (Phi) is 31.5. The molecule has 2 N–H and O–H groups in total. The Morgan fingerprint density at radius 3 is 1.03 bits per heavy atom. The first-order valence-corrected chi connectivity index (χ1v) is 20.3. The minimum Gasteiger partial charge on any atom is -0.290 e. The standard InChI is InChI=1S/C26H52N2O2S5/c1-3-5-7-9-11-13-15-17-19-21-23-25(29)27-31-33-35-34-32-28-26(30)24-22-20-18-16-14-12-10-8-6-4-2/h3-24H2,1-2H3,(H,27,29)(H,28,30). The van der Waals surface area contributed by atoms with Crippen LogP contribution in [0, 0.1) is 0 Å². The van der Waals surface area contributed by atoms with Gasteiger partial charge in [-0.25, -0.2) is 0 Å². The van der Waals surface area contributed by atoms with E-state index in [1.807, 2.05) is 0 Å². The van der Waals surface area contributed by atoms with Crippen molar-refractivity contribution in [1.82, 2.24) is 9.44 Å². The maximum Gasteiger partial charge on any atom is 0.230 e. The van der Waals surface area contributed by atoms with Gasteiger partial charge in [0.25, 0.3) is 0 Å². The third-order valence-electron chi connectivity index (χ3n) is 5.95. The highest BCUT2D eigenvalue weighted by Gasteiger charge is 2.04. The van der Waals surface area contributed by atoms with E-state index in [4.69, 9.17) is 0 Å². The van der Waals surface area contributed by atoms with E-state index in [-0.39, 0.29) is 11.8 Å². The Hall–Kier alpha value is 0.690. The maximum atomic E-state index is 11.9. The average molecular weight is 585 g/mol. The normalized spacial score (nSPS) is 11.0. The molecule has 0 aliphatic rings. The molecule has 0 atom stereocenters. The van der Waals surface area contributed by atoms with Gasteiger partial charge in [0, 0.05) is 64.3 Å². The Morgan fingerprint density at radius 1 is 0.429 bits per heavy atom. The number of carbonyl (C=O) groups excluding carboxylic acids is 2. The van der Waals surface area contributed by atoms with Gasteiger partial charge in [-0.3, -0.25) is 19.0 Å². The average Bonchev–Trinajstić information content (AvgIpc) is 2.85. The molecule has 0 fully saturated rings. The van der Waals surface area contributed by atoms with Crippen molar-refractivity contribution in [3.05, 3.63) is 0 Å². The van der Waals surface area contributed by atoms with Crippen molar-refractivity contribution in [3.63, 3.8) is 0 Å². The molecular weight excluding hydrogens is 533 g/mol. The molecule has 0 spiro atoms. The second-order valence-corrected chi connectivity index (χ2v) is 16.3. The van der Waals surface area contributed by atoms with Crippen LogP contribution in [0.2, 0.25) is 0 Å². The van der Waals surface area contributed by atoms with Gasteiger partial charge < -0.3 is 0 Å². The van der Waals surface area contributed by atoms with Gasteiger partial charge in [0.2, 0.25) is 11.8 Å². The molecule has 0 rings (SSSR count). The fraction of sp³-hybridized carbons (Fsp3) is 0.923. The zero-order valence-corrected chi connectivity index (χ0v) is 26.5. The highest BCUT2D eigenvalue weighted by Crippen LogP contribution is 2.46. The predicted octanol–water partition coefficient (Wildman–Crippen LogP) is 11.0. The summed E-state index contributed by atoms with van der Waals surface area (Å²) in [5, 5.41) is 0. The molecule has 0 aromatic carbocycles. The van der Waals surface area contributed by atoms with Crippen LogP contribution in [0.25, 0.3) is 0 Å². The lowest BCUT2D eigenvalue weighted by Crippen LogP contribution is -2.13. The smallest absolute Gasteiger partial charge is 0.230 e. The quantitative estimate of drug-likeness (QED) is 0.0538. The van der Waals surface area contributed by atoms with Crippen LogP contribution in [-0.2, 0) is 9.59 Å². The number of hydrogen-bond acceptors (Lipinski definition) is 7. The van der Waals surface area contributed by atoms with Crippen molar-refractivity contribution in [2.45, 2.75) is 155 Å². The number of hydrogen-bond donors (Lipinski definition) is 2. The monoisotopic (exact) mass is 584 g/mol. The first-order valence-electron chi connectivity index (χ1n) is 14.1. The number of nitrogens with one attached hydrogen (secondary N) is 2. The first kappa shape index (κ1) is 35.7. The third-order valence-corrected chi connectivity index (χ3v) is 13.3. The molecule has 0 saturated heterocycles. The van der Waals surface area contributed by atoms with Gasteiger partial charge in [-0.1, -0.05) is 129 Å². The van der Waals surface area contributed by atoms with E-state index in [2.05, 4.69) is 23.3 Å². The van der Waals surface area contributed by atoms with Crippen molar-refractivity contribution >= 4 is 63.3 Å². The van der Waals surface area contributed by atoms with Crippen molar-refractivity contribution in [2.24, 2.45) is 0 Å². The topological polar surface area (TPSA) is 58.2 Å². The molecule has 208 valence electrons. The fourth-order valence-corrected chi connectivity index (χ4v) is 10.6. The van der Waals surface area contributed by atoms with E-state index in [1.165, 1.54) is 144 Å². The largest absolute Gasteiger partial charge is 0.290 e. The second kappa shape index (κ2) is 30.9. The van der Waals surface area contributed by atoms with E-state index >= 15 is 0 Å². The second-order valence-electron chi connectivity index (χ2n) is 9.29. The van der Waals surface area contributed by atoms with Gasteiger partial charge in [0.1, 0.15) is 0 Å². The van der Waals surface area contributed by atoms with Crippen LogP contribution in [0.3, 0.4) is 0 Å². The summed E-state index contributed by atoms with van der Waals surface area (Å²) in [6.45, 7) is 4.51. The number of unbranched alkanes of at least 4 members (excludes halogenated alkanes) is 18. The lowest BCUT2D eigenvalue weighted by Gasteiger charge is -2.05. The van der Waals surface area contributed by atoms with Gasteiger partial charge >= 0.3 is 0 Å². The third kappa shape index (κ3) is 30.8. The van der Waals surface area contributed by atoms with Crippen LogP contribution in [0.1, 0.15) is 155 Å². The summed E-state index contributed by atoms with van der Waals surface area (Å²) in [5.41, 5.74) is 0. The highest BCUT2D eigenvalue weighted by atomic mass is 33.8. The lowest BCUT2D eigenvalue weighted by molar-refractivity contribution is -0.120. The number of carbonyl (C=O) groups is 2. The summed E-state index contributed by atoms with van der Waals surface area (Å²) < 4.78 is 5.77. The fourth-order valence-electron chi connectivity index (χ4n) is 3.81. The van der Waals surface area contributed by atoms with E-state index in [0.29, 0.717) is 12.8 Å². The van der Waals surface area contributed by atoms with Gasteiger partial charge in [-0.2, -0.15) is 0 Å².